The van der Waals surface area contributed by atoms with Gasteiger partial charge in [-0.05, 0) is 42.9 Å². The number of ether oxygens (including phenoxy) is 1. The maximum atomic E-state index is 13.1. The molecule has 1 aliphatic heterocycles. The molecule has 8 heteroatoms. The van der Waals surface area contributed by atoms with Crippen molar-refractivity contribution in [2.75, 3.05) is 31.8 Å². The smallest absolute Gasteiger partial charge is 0.381 e. The number of thioether (sulfide) groups is 1. The summed E-state index contributed by atoms with van der Waals surface area (Å²) in [6, 6.07) is 4.75. The van der Waals surface area contributed by atoms with Gasteiger partial charge in [0.25, 0.3) is 0 Å². The molecule has 0 aliphatic carbocycles. The third kappa shape index (κ3) is 5.37. The molecule has 26 heavy (non-hydrogen) atoms. The molecule has 1 atom stereocenters. The molecule has 1 amide bonds. The molecule has 0 unspecified atom stereocenters. The van der Waals surface area contributed by atoms with E-state index in [-0.39, 0.29) is 12.5 Å². The average Bonchev–Trinajstić information content (AvgIpc) is 2.64. The number of hydrogen-bond acceptors (Lipinski definition) is 4. The summed E-state index contributed by atoms with van der Waals surface area (Å²) in [5.41, 5.74) is 5.21. The molecule has 0 radical (unpaired) electrons. The second kappa shape index (κ2) is 9.10. The zero-order valence-electron chi connectivity index (χ0n) is 14.8. The Hall–Kier alpha value is -1.25. The number of benzene rings is 1. The molecule has 3 N–H and O–H groups in total. The van der Waals surface area contributed by atoms with E-state index in [9.17, 15) is 18.0 Å². The summed E-state index contributed by atoms with van der Waals surface area (Å²) < 4.78 is 44.6. The summed E-state index contributed by atoms with van der Waals surface area (Å²) in [5.74, 6) is 0.512. The van der Waals surface area contributed by atoms with Gasteiger partial charge >= 0.3 is 6.18 Å². The van der Waals surface area contributed by atoms with Gasteiger partial charge in [0.05, 0.1) is 11.6 Å². The van der Waals surface area contributed by atoms with Gasteiger partial charge in [0.2, 0.25) is 5.91 Å². The van der Waals surface area contributed by atoms with E-state index in [0.29, 0.717) is 38.0 Å². The molecule has 0 bridgehead atoms. The van der Waals surface area contributed by atoms with Crippen LogP contribution in [0.3, 0.4) is 0 Å². The van der Waals surface area contributed by atoms with Gasteiger partial charge in [0.1, 0.15) is 0 Å². The Morgan fingerprint density at radius 2 is 2.08 bits per heavy atom. The minimum absolute atomic E-state index is 0.253. The van der Waals surface area contributed by atoms with Crippen LogP contribution in [0.15, 0.2) is 24.3 Å². The van der Waals surface area contributed by atoms with Crippen LogP contribution in [0.5, 0.6) is 0 Å². The van der Waals surface area contributed by atoms with Gasteiger partial charge in [0, 0.05) is 25.2 Å². The minimum Gasteiger partial charge on any atom is -0.381 e. The van der Waals surface area contributed by atoms with Crippen LogP contribution >= 0.6 is 11.8 Å². The Morgan fingerprint density at radius 1 is 1.38 bits per heavy atom. The zero-order valence-corrected chi connectivity index (χ0v) is 15.6. The van der Waals surface area contributed by atoms with Crippen LogP contribution in [0.2, 0.25) is 0 Å². The van der Waals surface area contributed by atoms with E-state index >= 15 is 0 Å². The summed E-state index contributed by atoms with van der Waals surface area (Å²) in [4.78, 5) is 12.2. The molecule has 1 aromatic carbocycles. The molecule has 1 aromatic rings. The molecule has 2 rings (SSSR count). The summed E-state index contributed by atoms with van der Waals surface area (Å²) in [6.45, 7) is 1.15. The first-order chi connectivity index (χ1) is 12.3. The third-order valence-electron chi connectivity index (χ3n) is 4.82. The molecule has 4 nitrogen and oxygen atoms in total. The van der Waals surface area contributed by atoms with Crippen LogP contribution < -0.4 is 11.1 Å². The van der Waals surface area contributed by atoms with Crippen molar-refractivity contribution < 1.29 is 22.7 Å². The number of carbonyl (C=O) groups excluding carboxylic acids is 1. The Labute approximate surface area is 156 Å². The summed E-state index contributed by atoms with van der Waals surface area (Å²) in [5, 5.41) is 2.85. The minimum atomic E-state index is -4.40. The molecule has 1 aliphatic rings. The van der Waals surface area contributed by atoms with Crippen LogP contribution in [0.25, 0.3) is 0 Å². The van der Waals surface area contributed by atoms with E-state index in [1.54, 1.807) is 17.8 Å². The highest BCUT2D eigenvalue weighted by Gasteiger charge is 2.38. The summed E-state index contributed by atoms with van der Waals surface area (Å²) >= 11 is 1.61. The molecule has 1 saturated heterocycles. The molecule has 0 saturated carbocycles. The van der Waals surface area contributed by atoms with Crippen molar-refractivity contribution in [3.8, 4) is 0 Å². The second-order valence-corrected chi connectivity index (χ2v) is 7.56. The average molecular weight is 390 g/mol. The molecule has 146 valence electrons. The molecule has 1 heterocycles. The number of halogens is 3. The van der Waals surface area contributed by atoms with E-state index in [2.05, 4.69) is 5.32 Å². The molecular weight excluding hydrogens is 365 g/mol. The van der Waals surface area contributed by atoms with Crippen LogP contribution in [0.1, 0.15) is 30.4 Å². The first-order valence-electron chi connectivity index (χ1n) is 8.56. The normalized spacial score (nSPS) is 18.3. The van der Waals surface area contributed by atoms with Gasteiger partial charge in [-0.25, -0.2) is 0 Å². The van der Waals surface area contributed by atoms with Crippen molar-refractivity contribution in [2.45, 2.75) is 36.9 Å². The zero-order chi connectivity index (χ0) is 19.2. The number of rotatable bonds is 7. The van der Waals surface area contributed by atoms with Crippen molar-refractivity contribution in [2.24, 2.45) is 5.73 Å². The van der Waals surface area contributed by atoms with Crippen LogP contribution in [0, 0.1) is 0 Å². The predicted octanol–water partition coefficient (Wildman–Crippen LogP) is 2.95. The number of hydrogen-bond donors (Lipinski definition) is 2. The number of amides is 1. The number of carbonyl (C=O) groups is 1. The number of nitrogens with one attached hydrogen (secondary N) is 1. The summed E-state index contributed by atoms with van der Waals surface area (Å²) in [6.07, 6.45) is -0.795. The highest BCUT2D eigenvalue weighted by Crippen LogP contribution is 2.37. The standard InChI is InChI=1S/C18H25F3N2O2S/c1-26-10-5-15(22)16(24)23-12-17(6-8-25-9-7-17)13-3-2-4-14(11-13)18(19,20)21/h2-4,11,15H,5-10,12,22H2,1H3,(H,23,24)/t15-/m0/s1. The van der Waals surface area contributed by atoms with Gasteiger partial charge in [-0.2, -0.15) is 24.9 Å². The van der Waals surface area contributed by atoms with Crippen molar-refractivity contribution in [3.05, 3.63) is 35.4 Å². The first kappa shape index (κ1) is 21.1. The monoisotopic (exact) mass is 390 g/mol. The van der Waals surface area contributed by atoms with Gasteiger partial charge in [-0.1, -0.05) is 18.2 Å². The SMILES string of the molecule is CSCC[C@H](N)C(=O)NCC1(c2cccc(C(F)(F)F)c2)CCOCC1. The molecule has 0 aromatic heterocycles. The Kier molecular flexibility index (Phi) is 7.37. The summed E-state index contributed by atoms with van der Waals surface area (Å²) in [7, 11) is 0. The largest absolute Gasteiger partial charge is 0.416 e. The topological polar surface area (TPSA) is 64.4 Å². The van der Waals surface area contributed by atoms with E-state index in [4.69, 9.17) is 10.5 Å². The van der Waals surface area contributed by atoms with Crippen molar-refractivity contribution >= 4 is 17.7 Å². The Morgan fingerprint density at radius 3 is 2.69 bits per heavy atom. The van der Waals surface area contributed by atoms with Crippen molar-refractivity contribution in [3.63, 3.8) is 0 Å². The molecule has 1 fully saturated rings. The van der Waals surface area contributed by atoms with E-state index < -0.39 is 23.2 Å². The van der Waals surface area contributed by atoms with Gasteiger partial charge < -0.3 is 15.8 Å². The second-order valence-electron chi connectivity index (χ2n) is 6.58. The van der Waals surface area contributed by atoms with Gasteiger partial charge in [-0.3, -0.25) is 4.79 Å². The number of alkyl halides is 3. The van der Waals surface area contributed by atoms with Crippen LogP contribution in [-0.4, -0.2) is 43.7 Å². The number of nitrogens with two attached hydrogens (primary N) is 1. The van der Waals surface area contributed by atoms with Crippen LogP contribution in [-0.2, 0) is 21.1 Å². The fourth-order valence-electron chi connectivity index (χ4n) is 3.12. The lowest BCUT2D eigenvalue weighted by atomic mass is 9.73. The van der Waals surface area contributed by atoms with Crippen LogP contribution in [0.4, 0.5) is 13.2 Å². The fourth-order valence-corrected chi connectivity index (χ4v) is 3.61. The lowest BCUT2D eigenvalue weighted by Crippen LogP contribution is -2.49. The highest BCUT2D eigenvalue weighted by atomic mass is 32.2. The van der Waals surface area contributed by atoms with Crippen molar-refractivity contribution in [1.82, 2.24) is 5.32 Å². The molecule has 0 spiro atoms. The quantitative estimate of drug-likeness (QED) is 0.751. The van der Waals surface area contributed by atoms with Gasteiger partial charge in [0.15, 0.2) is 0 Å². The molecular formula is C18H25F3N2O2S. The highest BCUT2D eigenvalue weighted by molar-refractivity contribution is 7.98. The van der Waals surface area contributed by atoms with E-state index in [1.807, 2.05) is 6.26 Å². The third-order valence-corrected chi connectivity index (χ3v) is 5.47. The van der Waals surface area contributed by atoms with E-state index in [0.717, 1.165) is 11.8 Å². The Bertz CT molecular complexity index is 604. The van der Waals surface area contributed by atoms with Crippen molar-refractivity contribution in [1.29, 1.82) is 0 Å². The predicted molar refractivity (Wildman–Crippen MR) is 97.2 cm³/mol. The maximum Gasteiger partial charge on any atom is 0.416 e. The lowest BCUT2D eigenvalue weighted by molar-refractivity contribution is -0.137. The van der Waals surface area contributed by atoms with Gasteiger partial charge in [-0.15, -0.1) is 0 Å². The fraction of sp³-hybridized carbons (Fsp3) is 0.611. The van der Waals surface area contributed by atoms with E-state index in [1.165, 1.54) is 12.1 Å². The Balaban J connectivity index is 2.17. The maximum absolute atomic E-state index is 13.1. The lowest BCUT2D eigenvalue weighted by Gasteiger charge is -2.38. The first-order valence-corrected chi connectivity index (χ1v) is 9.96.